The van der Waals surface area contributed by atoms with Crippen LogP contribution in [-0.2, 0) is 6.42 Å². The van der Waals surface area contributed by atoms with Gasteiger partial charge in [-0.3, -0.25) is 0 Å². The van der Waals surface area contributed by atoms with Gasteiger partial charge in [0.05, 0.1) is 0 Å². The number of hydrogen-bond acceptors (Lipinski definition) is 4. The molecule has 0 aliphatic carbocycles. The summed E-state index contributed by atoms with van der Waals surface area (Å²) in [5.74, 6) is 0.591. The van der Waals surface area contributed by atoms with Crippen molar-refractivity contribution in [3.8, 4) is 0 Å². The molecule has 0 aromatic carbocycles. The molecule has 1 heterocycles. The maximum atomic E-state index is 6.45. The smallest absolute Gasteiger partial charge is 0.126 e. The zero-order valence-electron chi connectivity index (χ0n) is 12.0. The van der Waals surface area contributed by atoms with E-state index in [9.17, 15) is 0 Å². The summed E-state index contributed by atoms with van der Waals surface area (Å²) in [6.07, 6.45) is 4.53. The van der Waals surface area contributed by atoms with Gasteiger partial charge in [0.1, 0.15) is 5.82 Å². The third-order valence-electron chi connectivity index (χ3n) is 4.17. The molecule has 4 N–H and O–H groups in total. The SMILES string of the molecule is CCC(CC)(C(N)Cc1cccnc1N)N(C)C. The van der Waals surface area contributed by atoms with Crippen LogP contribution in [0.4, 0.5) is 5.82 Å². The van der Waals surface area contributed by atoms with Crippen LogP contribution in [0.2, 0.25) is 0 Å². The van der Waals surface area contributed by atoms with Gasteiger partial charge in [0.2, 0.25) is 0 Å². The molecule has 0 amide bonds. The lowest BCUT2D eigenvalue weighted by Gasteiger charge is -2.43. The molecule has 1 atom stereocenters. The molecule has 0 saturated carbocycles. The van der Waals surface area contributed by atoms with E-state index in [0.29, 0.717) is 5.82 Å². The Kier molecular flexibility index (Phi) is 5.11. The summed E-state index contributed by atoms with van der Waals surface area (Å²) in [7, 11) is 4.19. The van der Waals surface area contributed by atoms with Crippen LogP contribution < -0.4 is 11.5 Å². The topological polar surface area (TPSA) is 68.2 Å². The largest absolute Gasteiger partial charge is 0.383 e. The zero-order valence-corrected chi connectivity index (χ0v) is 12.0. The molecule has 102 valence electrons. The molecule has 0 radical (unpaired) electrons. The third-order valence-corrected chi connectivity index (χ3v) is 4.17. The monoisotopic (exact) mass is 250 g/mol. The van der Waals surface area contributed by atoms with E-state index in [-0.39, 0.29) is 11.6 Å². The molecule has 0 spiro atoms. The van der Waals surface area contributed by atoms with Gasteiger partial charge >= 0.3 is 0 Å². The first-order chi connectivity index (χ1) is 8.47. The number of nitrogen functional groups attached to an aromatic ring is 1. The van der Waals surface area contributed by atoms with E-state index < -0.39 is 0 Å². The van der Waals surface area contributed by atoms with Gasteiger partial charge in [-0.15, -0.1) is 0 Å². The van der Waals surface area contributed by atoms with Crippen molar-refractivity contribution in [3.63, 3.8) is 0 Å². The lowest BCUT2D eigenvalue weighted by Crippen LogP contribution is -2.57. The van der Waals surface area contributed by atoms with Gasteiger partial charge in [-0.25, -0.2) is 4.98 Å². The van der Waals surface area contributed by atoms with Gasteiger partial charge in [-0.2, -0.15) is 0 Å². The number of aromatic nitrogens is 1. The summed E-state index contributed by atoms with van der Waals surface area (Å²) < 4.78 is 0. The molecule has 1 aromatic rings. The minimum Gasteiger partial charge on any atom is -0.383 e. The molecule has 4 heteroatoms. The fourth-order valence-corrected chi connectivity index (χ4v) is 2.79. The lowest BCUT2D eigenvalue weighted by molar-refractivity contribution is 0.106. The number of anilines is 1. The Labute approximate surface area is 110 Å². The van der Waals surface area contributed by atoms with Crippen LogP contribution >= 0.6 is 0 Å². The van der Waals surface area contributed by atoms with Crippen molar-refractivity contribution in [2.75, 3.05) is 19.8 Å². The summed E-state index contributed by atoms with van der Waals surface area (Å²) >= 11 is 0. The van der Waals surface area contributed by atoms with E-state index in [0.717, 1.165) is 24.8 Å². The molecule has 1 rings (SSSR count). The molecular formula is C14H26N4. The molecule has 1 unspecified atom stereocenters. The number of pyridine rings is 1. The molecule has 0 saturated heterocycles. The summed E-state index contributed by atoms with van der Waals surface area (Å²) in [5, 5.41) is 0. The third kappa shape index (κ3) is 2.82. The zero-order chi connectivity index (χ0) is 13.8. The maximum Gasteiger partial charge on any atom is 0.126 e. The van der Waals surface area contributed by atoms with E-state index in [2.05, 4.69) is 37.8 Å². The normalized spacial score (nSPS) is 13.9. The second-order valence-corrected chi connectivity index (χ2v) is 5.06. The van der Waals surface area contributed by atoms with Crippen molar-refractivity contribution >= 4 is 5.82 Å². The summed E-state index contributed by atoms with van der Waals surface area (Å²) in [5.41, 5.74) is 13.4. The molecule has 1 aromatic heterocycles. The average Bonchev–Trinajstić information content (AvgIpc) is 2.34. The highest BCUT2D eigenvalue weighted by molar-refractivity contribution is 5.39. The number of nitrogens with two attached hydrogens (primary N) is 2. The molecule has 0 fully saturated rings. The summed E-state index contributed by atoms with van der Waals surface area (Å²) in [6, 6.07) is 3.97. The summed E-state index contributed by atoms with van der Waals surface area (Å²) in [6.45, 7) is 4.38. The molecule has 0 bridgehead atoms. The van der Waals surface area contributed by atoms with E-state index in [1.807, 2.05) is 12.1 Å². The van der Waals surface area contributed by atoms with Gasteiger partial charge in [0, 0.05) is 17.8 Å². The Morgan fingerprint density at radius 2 is 1.94 bits per heavy atom. The number of hydrogen-bond donors (Lipinski definition) is 2. The van der Waals surface area contributed by atoms with Crippen molar-refractivity contribution in [2.24, 2.45) is 5.73 Å². The number of likely N-dealkylation sites (N-methyl/N-ethyl adjacent to an activating group) is 1. The van der Waals surface area contributed by atoms with Crippen molar-refractivity contribution in [1.29, 1.82) is 0 Å². The van der Waals surface area contributed by atoms with Crippen LogP contribution in [0.1, 0.15) is 32.3 Å². The minimum absolute atomic E-state index is 0.0162. The van der Waals surface area contributed by atoms with Crippen LogP contribution in [0.25, 0.3) is 0 Å². The predicted molar refractivity (Wildman–Crippen MR) is 77.3 cm³/mol. The first kappa shape index (κ1) is 14.9. The van der Waals surface area contributed by atoms with E-state index in [1.54, 1.807) is 6.20 Å². The minimum atomic E-state index is 0.0162. The van der Waals surface area contributed by atoms with Gasteiger partial charge in [0.25, 0.3) is 0 Å². The highest BCUT2D eigenvalue weighted by Crippen LogP contribution is 2.27. The highest BCUT2D eigenvalue weighted by atomic mass is 15.2. The Balaban J connectivity index is 2.92. The van der Waals surface area contributed by atoms with Gasteiger partial charge < -0.3 is 16.4 Å². The summed E-state index contributed by atoms with van der Waals surface area (Å²) in [4.78, 5) is 6.36. The molecule has 4 nitrogen and oxygen atoms in total. The van der Waals surface area contributed by atoms with E-state index in [4.69, 9.17) is 11.5 Å². The van der Waals surface area contributed by atoms with Crippen molar-refractivity contribution in [1.82, 2.24) is 9.88 Å². The van der Waals surface area contributed by atoms with Crippen molar-refractivity contribution < 1.29 is 0 Å². The van der Waals surface area contributed by atoms with Gasteiger partial charge in [-0.05, 0) is 45.0 Å². The van der Waals surface area contributed by atoms with Crippen LogP contribution in [0.3, 0.4) is 0 Å². The molecule has 18 heavy (non-hydrogen) atoms. The molecule has 0 aliphatic rings. The number of rotatable bonds is 6. The van der Waals surface area contributed by atoms with Crippen molar-refractivity contribution in [2.45, 2.75) is 44.7 Å². The lowest BCUT2D eigenvalue weighted by atomic mass is 9.81. The first-order valence-corrected chi connectivity index (χ1v) is 6.60. The van der Waals surface area contributed by atoms with Gasteiger partial charge in [-0.1, -0.05) is 19.9 Å². The fraction of sp³-hybridized carbons (Fsp3) is 0.643. The maximum absolute atomic E-state index is 6.45. The average molecular weight is 250 g/mol. The fourth-order valence-electron chi connectivity index (χ4n) is 2.79. The van der Waals surface area contributed by atoms with E-state index in [1.165, 1.54) is 0 Å². The van der Waals surface area contributed by atoms with Crippen LogP contribution in [0, 0.1) is 0 Å². The Morgan fingerprint density at radius 1 is 1.33 bits per heavy atom. The molecule has 0 aliphatic heterocycles. The number of nitrogens with zero attached hydrogens (tertiary/aromatic N) is 2. The Bertz CT molecular complexity index is 372. The Hall–Kier alpha value is -1.13. The standard InChI is InChI=1S/C14H26N4/c1-5-14(6-2,18(3)4)12(15)10-11-8-7-9-17-13(11)16/h7-9,12H,5-6,10,15H2,1-4H3,(H2,16,17). The molecular weight excluding hydrogens is 224 g/mol. The predicted octanol–water partition coefficient (Wildman–Crippen LogP) is 1.65. The quantitative estimate of drug-likeness (QED) is 0.805. The van der Waals surface area contributed by atoms with Crippen molar-refractivity contribution in [3.05, 3.63) is 23.9 Å². The van der Waals surface area contributed by atoms with Crippen LogP contribution in [0.5, 0.6) is 0 Å². The van der Waals surface area contributed by atoms with Crippen LogP contribution in [0.15, 0.2) is 18.3 Å². The highest BCUT2D eigenvalue weighted by Gasteiger charge is 2.35. The van der Waals surface area contributed by atoms with E-state index >= 15 is 0 Å². The second kappa shape index (κ2) is 6.16. The second-order valence-electron chi connectivity index (χ2n) is 5.06. The first-order valence-electron chi connectivity index (χ1n) is 6.60. The van der Waals surface area contributed by atoms with Gasteiger partial charge in [0.15, 0.2) is 0 Å². The van der Waals surface area contributed by atoms with Crippen LogP contribution in [-0.4, -0.2) is 35.6 Å². The Morgan fingerprint density at radius 3 is 2.39 bits per heavy atom.